The standard InChI is InChI=1S/C10H15N5O2/c1-13-3-4-15(6-8(13)16)10(17)9-7(11)5-14(2)12-9/h5H,3-4,6,11H2,1-2H3. The monoisotopic (exact) mass is 237 g/mol. The van der Waals surface area contributed by atoms with E-state index in [1.807, 2.05) is 0 Å². The zero-order valence-corrected chi connectivity index (χ0v) is 9.88. The molecule has 1 aromatic rings. The van der Waals surface area contributed by atoms with Crippen LogP contribution in [0.4, 0.5) is 5.69 Å². The number of rotatable bonds is 1. The van der Waals surface area contributed by atoms with Gasteiger partial charge in [0.05, 0.1) is 5.69 Å². The Bertz CT molecular complexity index is 467. The number of likely N-dealkylation sites (N-methyl/N-ethyl adjacent to an activating group) is 1. The average Bonchev–Trinajstić information content (AvgIpc) is 2.61. The molecule has 0 spiro atoms. The first-order valence-electron chi connectivity index (χ1n) is 5.31. The molecule has 7 heteroatoms. The molecule has 0 unspecified atom stereocenters. The van der Waals surface area contributed by atoms with Gasteiger partial charge >= 0.3 is 0 Å². The predicted molar refractivity (Wildman–Crippen MR) is 61.2 cm³/mol. The Morgan fingerprint density at radius 3 is 2.65 bits per heavy atom. The lowest BCUT2D eigenvalue weighted by Gasteiger charge is -2.31. The lowest BCUT2D eigenvalue weighted by molar-refractivity contribution is -0.133. The predicted octanol–water partition coefficient (Wildman–Crippen LogP) is -1.08. The van der Waals surface area contributed by atoms with Crippen molar-refractivity contribution >= 4 is 17.5 Å². The van der Waals surface area contributed by atoms with Crippen LogP contribution in [-0.2, 0) is 11.8 Å². The molecule has 2 rings (SSSR count). The smallest absolute Gasteiger partial charge is 0.277 e. The minimum absolute atomic E-state index is 0.0703. The molecule has 2 amide bonds. The Labute approximate surface area is 98.8 Å². The van der Waals surface area contributed by atoms with Gasteiger partial charge in [0, 0.05) is 33.4 Å². The Morgan fingerprint density at radius 1 is 1.41 bits per heavy atom. The highest BCUT2D eigenvalue weighted by Gasteiger charge is 2.28. The van der Waals surface area contributed by atoms with E-state index < -0.39 is 0 Å². The molecule has 0 bridgehead atoms. The zero-order valence-electron chi connectivity index (χ0n) is 9.88. The quantitative estimate of drug-likeness (QED) is 0.673. The molecule has 1 aliphatic rings. The minimum atomic E-state index is -0.287. The van der Waals surface area contributed by atoms with Crippen LogP contribution in [0.1, 0.15) is 10.5 Å². The van der Waals surface area contributed by atoms with Crippen LogP contribution in [0.3, 0.4) is 0 Å². The summed E-state index contributed by atoms with van der Waals surface area (Å²) in [4.78, 5) is 26.7. The highest BCUT2D eigenvalue weighted by Crippen LogP contribution is 2.13. The summed E-state index contributed by atoms with van der Waals surface area (Å²) >= 11 is 0. The van der Waals surface area contributed by atoms with Gasteiger partial charge in [-0.15, -0.1) is 0 Å². The highest BCUT2D eigenvalue weighted by molar-refractivity contribution is 5.99. The third kappa shape index (κ3) is 2.08. The number of hydrogen-bond donors (Lipinski definition) is 1. The Kier molecular flexibility index (Phi) is 2.74. The van der Waals surface area contributed by atoms with Gasteiger partial charge in [-0.05, 0) is 0 Å². The number of aromatic nitrogens is 2. The number of hydrogen-bond acceptors (Lipinski definition) is 4. The molecule has 1 aliphatic heterocycles. The second-order valence-electron chi connectivity index (χ2n) is 4.15. The number of nitrogens with zero attached hydrogens (tertiary/aromatic N) is 4. The van der Waals surface area contributed by atoms with Crippen LogP contribution in [0.15, 0.2) is 6.20 Å². The Hall–Kier alpha value is -2.05. The van der Waals surface area contributed by atoms with Crippen molar-refractivity contribution in [1.29, 1.82) is 0 Å². The van der Waals surface area contributed by atoms with Gasteiger partial charge < -0.3 is 15.5 Å². The van der Waals surface area contributed by atoms with Crippen LogP contribution >= 0.6 is 0 Å². The summed E-state index contributed by atoms with van der Waals surface area (Å²) in [6, 6.07) is 0. The lowest BCUT2D eigenvalue weighted by Crippen LogP contribution is -2.50. The van der Waals surface area contributed by atoms with Crippen LogP contribution in [0.5, 0.6) is 0 Å². The van der Waals surface area contributed by atoms with E-state index in [9.17, 15) is 9.59 Å². The number of amides is 2. The molecule has 17 heavy (non-hydrogen) atoms. The number of carbonyl (C=O) groups excluding carboxylic acids is 2. The summed E-state index contributed by atoms with van der Waals surface area (Å²) in [7, 11) is 3.42. The minimum Gasteiger partial charge on any atom is -0.396 e. The fraction of sp³-hybridized carbons (Fsp3) is 0.500. The van der Waals surface area contributed by atoms with Crippen LogP contribution < -0.4 is 5.73 Å². The van der Waals surface area contributed by atoms with E-state index in [4.69, 9.17) is 5.73 Å². The number of anilines is 1. The Morgan fingerprint density at radius 2 is 2.12 bits per heavy atom. The molecule has 92 valence electrons. The van der Waals surface area contributed by atoms with Gasteiger partial charge in [-0.1, -0.05) is 0 Å². The topological polar surface area (TPSA) is 84.5 Å². The molecular formula is C10H15N5O2. The summed E-state index contributed by atoms with van der Waals surface area (Å²) in [6.45, 7) is 1.14. The fourth-order valence-corrected chi connectivity index (χ4v) is 1.75. The van der Waals surface area contributed by atoms with Crippen molar-refractivity contribution in [2.75, 3.05) is 32.4 Å². The third-order valence-corrected chi connectivity index (χ3v) is 2.80. The lowest BCUT2D eigenvalue weighted by atomic mass is 10.2. The van der Waals surface area contributed by atoms with Crippen molar-refractivity contribution in [2.45, 2.75) is 0 Å². The summed E-state index contributed by atoms with van der Waals surface area (Å²) in [5.41, 5.74) is 6.23. The molecule has 1 fully saturated rings. The van der Waals surface area contributed by atoms with Gasteiger partial charge in [0.1, 0.15) is 6.54 Å². The third-order valence-electron chi connectivity index (χ3n) is 2.80. The molecule has 0 aliphatic carbocycles. The molecule has 7 nitrogen and oxygen atoms in total. The summed E-state index contributed by atoms with van der Waals surface area (Å²) in [5.74, 6) is -0.358. The molecular weight excluding hydrogens is 222 g/mol. The zero-order chi connectivity index (χ0) is 12.6. The SMILES string of the molecule is CN1CCN(C(=O)c2nn(C)cc2N)CC1=O. The largest absolute Gasteiger partial charge is 0.396 e. The summed E-state index contributed by atoms with van der Waals surface area (Å²) < 4.78 is 1.49. The van der Waals surface area contributed by atoms with E-state index in [0.29, 0.717) is 18.8 Å². The van der Waals surface area contributed by atoms with E-state index >= 15 is 0 Å². The van der Waals surface area contributed by atoms with Crippen LogP contribution in [0.25, 0.3) is 0 Å². The van der Waals surface area contributed by atoms with Crippen molar-refractivity contribution < 1.29 is 9.59 Å². The van der Waals surface area contributed by atoms with Crippen molar-refractivity contribution in [3.8, 4) is 0 Å². The first-order chi connectivity index (χ1) is 7.99. The van der Waals surface area contributed by atoms with Crippen molar-refractivity contribution in [1.82, 2.24) is 19.6 Å². The maximum Gasteiger partial charge on any atom is 0.277 e. The van der Waals surface area contributed by atoms with Crippen molar-refractivity contribution in [3.63, 3.8) is 0 Å². The molecule has 0 saturated carbocycles. The van der Waals surface area contributed by atoms with Crippen molar-refractivity contribution in [2.24, 2.45) is 7.05 Å². The van der Waals surface area contributed by atoms with E-state index in [1.165, 1.54) is 9.58 Å². The van der Waals surface area contributed by atoms with E-state index in [0.717, 1.165) is 0 Å². The number of piperazine rings is 1. The molecule has 0 atom stereocenters. The maximum absolute atomic E-state index is 12.1. The van der Waals surface area contributed by atoms with Crippen LogP contribution in [0.2, 0.25) is 0 Å². The van der Waals surface area contributed by atoms with E-state index in [2.05, 4.69) is 5.10 Å². The first kappa shape index (κ1) is 11.4. The number of aryl methyl sites for hydroxylation is 1. The van der Waals surface area contributed by atoms with E-state index in [1.54, 1.807) is 25.2 Å². The summed E-state index contributed by atoms with van der Waals surface area (Å²) in [5, 5.41) is 4.00. The molecule has 0 radical (unpaired) electrons. The fourth-order valence-electron chi connectivity index (χ4n) is 1.75. The Balaban J connectivity index is 2.16. The number of carbonyl (C=O) groups is 2. The molecule has 2 heterocycles. The van der Waals surface area contributed by atoms with Gasteiger partial charge in [-0.25, -0.2) is 0 Å². The molecule has 2 N–H and O–H groups in total. The van der Waals surface area contributed by atoms with Crippen molar-refractivity contribution in [3.05, 3.63) is 11.9 Å². The van der Waals surface area contributed by atoms with Gasteiger partial charge in [0.2, 0.25) is 5.91 Å². The average molecular weight is 237 g/mol. The van der Waals surface area contributed by atoms with Gasteiger partial charge in [0.25, 0.3) is 5.91 Å². The highest BCUT2D eigenvalue weighted by atomic mass is 16.2. The van der Waals surface area contributed by atoms with Gasteiger partial charge in [0.15, 0.2) is 5.69 Å². The molecule has 0 aromatic carbocycles. The van der Waals surface area contributed by atoms with Gasteiger partial charge in [-0.3, -0.25) is 14.3 Å². The summed E-state index contributed by atoms with van der Waals surface area (Å²) in [6.07, 6.45) is 1.57. The molecule has 1 saturated heterocycles. The number of nitrogens with two attached hydrogens (primary N) is 1. The van der Waals surface area contributed by atoms with E-state index in [-0.39, 0.29) is 24.1 Å². The second kappa shape index (κ2) is 4.08. The van der Waals surface area contributed by atoms with Gasteiger partial charge in [-0.2, -0.15) is 5.10 Å². The first-order valence-corrected chi connectivity index (χ1v) is 5.31. The maximum atomic E-state index is 12.1. The molecule has 1 aromatic heterocycles. The second-order valence-corrected chi connectivity index (χ2v) is 4.15. The number of nitrogen functional groups attached to an aromatic ring is 1. The van der Waals surface area contributed by atoms with Crippen LogP contribution in [-0.4, -0.2) is 58.1 Å². The van der Waals surface area contributed by atoms with Crippen LogP contribution in [0, 0.1) is 0 Å². The normalized spacial score (nSPS) is 16.5.